The number of piperazine rings is 1. The van der Waals surface area contributed by atoms with Gasteiger partial charge in [-0.25, -0.2) is 22.9 Å². The van der Waals surface area contributed by atoms with Crippen LogP contribution in [0.3, 0.4) is 0 Å². The van der Waals surface area contributed by atoms with E-state index in [1.165, 1.54) is 34.8 Å². The maximum absolute atomic E-state index is 13.9. The zero-order chi connectivity index (χ0) is 19.7. The maximum Gasteiger partial charge on any atom is 0.264 e. The van der Waals surface area contributed by atoms with Gasteiger partial charge in [0.05, 0.1) is 4.88 Å². The highest BCUT2D eigenvalue weighted by Crippen LogP contribution is 2.31. The summed E-state index contributed by atoms with van der Waals surface area (Å²) < 4.78 is 41.4. The molecule has 0 aromatic carbocycles. The molecule has 3 aromatic rings. The third-order valence-electron chi connectivity index (χ3n) is 4.38. The van der Waals surface area contributed by atoms with Crippen LogP contribution >= 0.6 is 11.3 Å². The summed E-state index contributed by atoms with van der Waals surface area (Å²) in [5.41, 5.74) is 0.178. The highest BCUT2D eigenvalue weighted by molar-refractivity contribution is 7.91. The van der Waals surface area contributed by atoms with Crippen LogP contribution in [-0.2, 0) is 10.0 Å². The third kappa shape index (κ3) is 3.55. The molecule has 1 N–H and O–H groups in total. The lowest BCUT2D eigenvalue weighted by Crippen LogP contribution is -2.49. The van der Waals surface area contributed by atoms with Crippen molar-refractivity contribution in [2.75, 3.05) is 31.1 Å². The van der Waals surface area contributed by atoms with E-state index in [1.807, 2.05) is 0 Å². The van der Waals surface area contributed by atoms with Crippen molar-refractivity contribution >= 4 is 27.2 Å². The maximum atomic E-state index is 13.9. The second-order valence-corrected chi connectivity index (χ2v) is 9.37. The fraction of sp³-hybridized carbons (Fsp3) is 0.235. The second-order valence-electron chi connectivity index (χ2n) is 6.13. The number of aromatic amines is 1. The molecule has 1 aliphatic rings. The average molecular weight is 421 g/mol. The van der Waals surface area contributed by atoms with E-state index in [4.69, 9.17) is 0 Å². The Balaban J connectivity index is 1.50. The molecule has 1 saturated heterocycles. The number of aromatic nitrogens is 3. The summed E-state index contributed by atoms with van der Waals surface area (Å²) in [6.07, 6.45) is 1.51. The molecule has 0 bridgehead atoms. The Morgan fingerprint density at radius 2 is 1.86 bits per heavy atom. The first-order valence-electron chi connectivity index (χ1n) is 8.47. The molecule has 4 rings (SSSR count). The molecule has 0 atom stereocenters. The van der Waals surface area contributed by atoms with E-state index >= 15 is 0 Å². The Labute approximate surface area is 164 Å². The van der Waals surface area contributed by atoms with Crippen LogP contribution in [-0.4, -0.2) is 54.1 Å². The predicted molar refractivity (Wildman–Crippen MR) is 103 cm³/mol. The number of anilines is 1. The van der Waals surface area contributed by atoms with Crippen molar-refractivity contribution in [2.45, 2.75) is 4.21 Å². The lowest BCUT2D eigenvalue weighted by Gasteiger charge is -2.34. The highest BCUT2D eigenvalue weighted by Gasteiger charge is 2.31. The monoisotopic (exact) mass is 421 g/mol. The molecule has 0 radical (unpaired) electrons. The molecule has 8 nitrogen and oxygen atoms in total. The molecule has 1 fully saturated rings. The van der Waals surface area contributed by atoms with Crippen LogP contribution in [0.5, 0.6) is 0 Å². The summed E-state index contributed by atoms with van der Waals surface area (Å²) in [5.74, 6) is -0.183. The van der Waals surface area contributed by atoms with Crippen molar-refractivity contribution < 1.29 is 12.8 Å². The van der Waals surface area contributed by atoms with Crippen molar-refractivity contribution in [1.82, 2.24) is 19.5 Å². The topological polar surface area (TPSA) is 99.3 Å². The van der Waals surface area contributed by atoms with Gasteiger partial charge in [0.2, 0.25) is 0 Å². The van der Waals surface area contributed by atoms with E-state index in [-0.39, 0.29) is 28.7 Å². The number of hydrogen-bond donors (Lipinski definition) is 1. The van der Waals surface area contributed by atoms with Crippen LogP contribution < -0.4 is 10.5 Å². The molecule has 28 heavy (non-hydrogen) atoms. The predicted octanol–water partition coefficient (Wildman–Crippen LogP) is 1.54. The van der Waals surface area contributed by atoms with Crippen LogP contribution in [0, 0.1) is 5.82 Å². The summed E-state index contributed by atoms with van der Waals surface area (Å²) in [4.78, 5) is 17.6. The zero-order valence-corrected chi connectivity index (χ0v) is 16.2. The van der Waals surface area contributed by atoms with Gasteiger partial charge in [-0.2, -0.15) is 9.40 Å². The quantitative estimate of drug-likeness (QED) is 0.686. The number of thiophene rings is 1. The highest BCUT2D eigenvalue weighted by atomic mass is 32.2. The Kier molecular flexibility index (Phi) is 4.96. The molecule has 1 aliphatic heterocycles. The Bertz CT molecular complexity index is 1130. The van der Waals surface area contributed by atoms with E-state index in [1.54, 1.807) is 17.0 Å². The van der Waals surface area contributed by atoms with Crippen LogP contribution in [0.2, 0.25) is 0 Å². The first-order chi connectivity index (χ1) is 13.4. The first kappa shape index (κ1) is 18.7. The minimum absolute atomic E-state index is 0.202. The van der Waals surface area contributed by atoms with Crippen molar-refractivity contribution in [2.24, 2.45) is 0 Å². The van der Waals surface area contributed by atoms with Crippen molar-refractivity contribution in [3.8, 4) is 10.6 Å². The van der Waals surface area contributed by atoms with Gasteiger partial charge in [-0.05, 0) is 30.3 Å². The molecule has 0 unspecified atom stereocenters. The normalized spacial score (nSPS) is 15.7. The SMILES string of the molecule is O=c1ccc(-c2ccc(S(=O)(=O)N3CCN(c4ncccc4F)CC3)s2)n[nH]1. The van der Waals surface area contributed by atoms with Gasteiger partial charge >= 0.3 is 0 Å². The number of H-pyrrole nitrogens is 1. The summed E-state index contributed by atoms with van der Waals surface area (Å²) in [6, 6.07) is 8.94. The largest absolute Gasteiger partial charge is 0.352 e. The molecular formula is C17H16FN5O3S2. The minimum atomic E-state index is -3.66. The van der Waals surface area contributed by atoms with Crippen molar-refractivity contribution in [3.63, 3.8) is 0 Å². The van der Waals surface area contributed by atoms with Gasteiger partial charge in [0.25, 0.3) is 15.6 Å². The molecule has 11 heteroatoms. The molecule has 4 heterocycles. The second kappa shape index (κ2) is 7.41. The van der Waals surface area contributed by atoms with E-state index in [2.05, 4.69) is 15.2 Å². The van der Waals surface area contributed by atoms with Crippen LogP contribution in [0.25, 0.3) is 10.6 Å². The average Bonchev–Trinajstić information content (AvgIpc) is 3.20. The smallest absolute Gasteiger partial charge is 0.264 e. The van der Waals surface area contributed by atoms with Crippen LogP contribution in [0.15, 0.2) is 51.6 Å². The van der Waals surface area contributed by atoms with Crippen LogP contribution in [0.4, 0.5) is 10.2 Å². The van der Waals surface area contributed by atoms with E-state index in [9.17, 15) is 17.6 Å². The number of nitrogens with one attached hydrogen (secondary N) is 1. The number of sulfonamides is 1. The van der Waals surface area contributed by atoms with Gasteiger partial charge in [-0.1, -0.05) is 0 Å². The Hall–Kier alpha value is -2.63. The van der Waals surface area contributed by atoms with Gasteiger partial charge in [-0.3, -0.25) is 4.79 Å². The van der Waals surface area contributed by atoms with E-state index in [0.717, 1.165) is 11.3 Å². The lowest BCUT2D eigenvalue weighted by atomic mass is 10.3. The molecule has 146 valence electrons. The fourth-order valence-corrected chi connectivity index (χ4v) is 5.81. The summed E-state index contributed by atoms with van der Waals surface area (Å²) in [7, 11) is -3.66. The summed E-state index contributed by atoms with van der Waals surface area (Å²) in [5, 5.41) is 6.26. The minimum Gasteiger partial charge on any atom is -0.352 e. The number of halogens is 1. The molecule has 3 aromatic heterocycles. The van der Waals surface area contributed by atoms with E-state index in [0.29, 0.717) is 23.7 Å². The Morgan fingerprint density at radius 1 is 1.07 bits per heavy atom. The number of rotatable bonds is 4. The van der Waals surface area contributed by atoms with Gasteiger partial charge in [0.15, 0.2) is 11.6 Å². The third-order valence-corrected chi connectivity index (χ3v) is 7.86. The molecule has 0 aliphatic carbocycles. The summed E-state index contributed by atoms with van der Waals surface area (Å²) in [6.45, 7) is 1.19. The zero-order valence-electron chi connectivity index (χ0n) is 14.6. The first-order valence-corrected chi connectivity index (χ1v) is 10.7. The van der Waals surface area contributed by atoms with Crippen molar-refractivity contribution in [1.29, 1.82) is 0 Å². The Morgan fingerprint density at radius 3 is 2.54 bits per heavy atom. The molecule has 0 saturated carbocycles. The molecule has 0 amide bonds. The number of hydrogen-bond acceptors (Lipinski definition) is 7. The number of pyridine rings is 1. The van der Waals surface area contributed by atoms with Gasteiger partial charge in [0.1, 0.15) is 9.90 Å². The van der Waals surface area contributed by atoms with Gasteiger partial charge in [-0.15, -0.1) is 11.3 Å². The van der Waals surface area contributed by atoms with E-state index < -0.39 is 15.8 Å². The van der Waals surface area contributed by atoms with Gasteiger partial charge < -0.3 is 4.90 Å². The molecule has 0 spiro atoms. The number of nitrogens with zero attached hydrogens (tertiary/aromatic N) is 4. The van der Waals surface area contributed by atoms with Gasteiger partial charge in [0, 0.05) is 38.4 Å². The van der Waals surface area contributed by atoms with Crippen LogP contribution in [0.1, 0.15) is 0 Å². The lowest BCUT2D eigenvalue weighted by molar-refractivity contribution is 0.382. The standard InChI is InChI=1S/C17H16FN5O3S2/c18-12-2-1-7-19-17(12)22-8-10-23(11-9-22)28(25,26)16-6-4-14(27-16)13-3-5-15(24)21-20-13/h1-7H,8-11H2,(H,21,24). The van der Waals surface area contributed by atoms with Crippen molar-refractivity contribution in [3.05, 3.63) is 58.8 Å². The fourth-order valence-electron chi connectivity index (χ4n) is 2.96. The molecular weight excluding hydrogens is 405 g/mol. The summed E-state index contributed by atoms with van der Waals surface area (Å²) >= 11 is 1.09.